The Kier molecular flexibility index (Phi) is 6.76. The number of morpholine rings is 1. The van der Waals surface area contributed by atoms with E-state index in [4.69, 9.17) is 4.74 Å². The molecular formula is C27H29N3O3S. The first-order chi connectivity index (χ1) is 16.6. The Morgan fingerprint density at radius 1 is 0.971 bits per heavy atom. The van der Waals surface area contributed by atoms with E-state index in [0.717, 1.165) is 35.5 Å². The number of anilines is 1. The van der Waals surface area contributed by atoms with Gasteiger partial charge in [-0.05, 0) is 35.6 Å². The molecule has 1 aromatic heterocycles. The summed E-state index contributed by atoms with van der Waals surface area (Å²) < 4.78 is 5.43. The van der Waals surface area contributed by atoms with Crippen molar-refractivity contribution in [3.8, 4) is 10.4 Å². The van der Waals surface area contributed by atoms with Crippen molar-refractivity contribution >= 4 is 28.2 Å². The maximum Gasteiger partial charge on any atom is 0.257 e. The Morgan fingerprint density at radius 2 is 1.68 bits per heavy atom. The van der Waals surface area contributed by atoms with Gasteiger partial charge in [0.25, 0.3) is 5.91 Å². The highest BCUT2D eigenvalue weighted by Crippen LogP contribution is 2.40. The van der Waals surface area contributed by atoms with Crippen LogP contribution in [0.4, 0.5) is 5.00 Å². The second kappa shape index (κ2) is 10.1. The van der Waals surface area contributed by atoms with Crippen molar-refractivity contribution in [2.75, 3.05) is 44.7 Å². The number of hydrogen-bond acceptors (Lipinski definition) is 5. The number of carbonyl (C=O) groups is 2. The van der Waals surface area contributed by atoms with Crippen LogP contribution in [0.15, 0.2) is 54.6 Å². The van der Waals surface area contributed by atoms with Gasteiger partial charge in [-0.1, -0.05) is 54.6 Å². The summed E-state index contributed by atoms with van der Waals surface area (Å²) in [4.78, 5) is 31.6. The zero-order valence-corrected chi connectivity index (χ0v) is 20.2. The van der Waals surface area contributed by atoms with Gasteiger partial charge in [0.05, 0.1) is 25.3 Å². The van der Waals surface area contributed by atoms with E-state index in [9.17, 15) is 9.59 Å². The molecule has 2 aliphatic rings. The second-order valence-corrected chi connectivity index (χ2v) is 9.83. The molecule has 5 rings (SSSR count). The van der Waals surface area contributed by atoms with E-state index in [-0.39, 0.29) is 11.8 Å². The molecule has 0 atom stereocenters. The molecular weight excluding hydrogens is 446 g/mol. The maximum atomic E-state index is 13.5. The van der Waals surface area contributed by atoms with Crippen LogP contribution in [0.1, 0.15) is 27.0 Å². The first kappa shape index (κ1) is 22.8. The zero-order chi connectivity index (χ0) is 23.5. The Balaban J connectivity index is 1.38. The molecule has 0 bridgehead atoms. The van der Waals surface area contributed by atoms with E-state index in [1.54, 1.807) is 0 Å². The fourth-order valence-electron chi connectivity index (χ4n) is 4.71. The lowest BCUT2D eigenvalue weighted by Crippen LogP contribution is -2.41. The predicted octanol–water partition coefficient (Wildman–Crippen LogP) is 4.19. The summed E-state index contributed by atoms with van der Waals surface area (Å²) in [6.07, 6.45) is 0.945. The summed E-state index contributed by atoms with van der Waals surface area (Å²) in [6, 6.07) is 18.4. The number of fused-ring (bicyclic) bond motifs is 1. The van der Waals surface area contributed by atoms with Gasteiger partial charge in [-0.15, -0.1) is 11.3 Å². The number of ether oxygens (including phenoxy) is 1. The number of benzene rings is 2. The Labute approximate surface area is 204 Å². The second-order valence-electron chi connectivity index (χ2n) is 8.81. The first-order valence-corrected chi connectivity index (χ1v) is 12.6. The van der Waals surface area contributed by atoms with Crippen molar-refractivity contribution in [2.24, 2.45) is 0 Å². The number of amides is 2. The van der Waals surface area contributed by atoms with Crippen molar-refractivity contribution < 1.29 is 14.3 Å². The average Bonchev–Trinajstić information content (AvgIpc) is 3.19. The topological polar surface area (TPSA) is 61.9 Å². The summed E-state index contributed by atoms with van der Waals surface area (Å²) in [6.45, 7) is 6.10. The molecule has 0 unspecified atom stereocenters. The van der Waals surface area contributed by atoms with Crippen molar-refractivity contribution in [3.63, 3.8) is 0 Å². The molecule has 1 fully saturated rings. The van der Waals surface area contributed by atoms with Crippen LogP contribution >= 0.6 is 11.3 Å². The lowest BCUT2D eigenvalue weighted by molar-refractivity contribution is -0.117. The number of nitrogens with one attached hydrogen (secondary N) is 1. The van der Waals surface area contributed by atoms with Gasteiger partial charge >= 0.3 is 0 Å². The number of carbonyl (C=O) groups excluding carboxylic acids is 2. The monoisotopic (exact) mass is 475 g/mol. The molecule has 2 amide bonds. The van der Waals surface area contributed by atoms with Crippen LogP contribution in [0.2, 0.25) is 0 Å². The van der Waals surface area contributed by atoms with E-state index < -0.39 is 0 Å². The third-order valence-electron chi connectivity index (χ3n) is 6.52. The molecule has 1 saturated heterocycles. The third-order valence-corrected chi connectivity index (χ3v) is 7.78. The number of hydrogen-bond donors (Lipinski definition) is 1. The zero-order valence-electron chi connectivity index (χ0n) is 19.4. The van der Waals surface area contributed by atoms with E-state index >= 15 is 0 Å². The lowest BCUT2D eigenvalue weighted by atomic mass is 10.00. The summed E-state index contributed by atoms with van der Waals surface area (Å²) >= 11 is 1.48. The Morgan fingerprint density at radius 3 is 2.44 bits per heavy atom. The molecule has 0 saturated carbocycles. The van der Waals surface area contributed by atoms with Crippen molar-refractivity contribution in [3.05, 3.63) is 76.9 Å². The van der Waals surface area contributed by atoms with Crippen LogP contribution in [0, 0.1) is 6.92 Å². The maximum absolute atomic E-state index is 13.5. The largest absolute Gasteiger partial charge is 0.378 e. The molecule has 1 N–H and O–H groups in total. The van der Waals surface area contributed by atoms with Crippen LogP contribution in [0.25, 0.3) is 10.4 Å². The molecule has 2 aromatic carbocycles. The Bertz CT molecular complexity index is 1190. The van der Waals surface area contributed by atoms with Gasteiger partial charge in [0, 0.05) is 31.1 Å². The summed E-state index contributed by atoms with van der Waals surface area (Å²) in [5.41, 5.74) is 5.20. The van der Waals surface area contributed by atoms with Crippen molar-refractivity contribution in [1.29, 1.82) is 0 Å². The molecule has 6 nitrogen and oxygen atoms in total. The van der Waals surface area contributed by atoms with E-state index in [2.05, 4.69) is 28.4 Å². The van der Waals surface area contributed by atoms with Crippen LogP contribution in [-0.2, 0) is 22.5 Å². The lowest BCUT2D eigenvalue weighted by Gasteiger charge is -2.28. The average molecular weight is 476 g/mol. The summed E-state index contributed by atoms with van der Waals surface area (Å²) in [5.74, 6) is -0.127. The van der Waals surface area contributed by atoms with E-state index in [0.29, 0.717) is 43.4 Å². The SMILES string of the molecule is Cc1c(-c2ccccc2)sc(NC(=O)CN2CCc3ccccc3C2)c1C(=O)N1CCOCC1. The van der Waals surface area contributed by atoms with Crippen molar-refractivity contribution in [1.82, 2.24) is 9.80 Å². The Hall–Kier alpha value is -3.00. The highest BCUT2D eigenvalue weighted by atomic mass is 32.1. The molecule has 34 heavy (non-hydrogen) atoms. The van der Waals surface area contributed by atoms with Gasteiger partial charge in [-0.3, -0.25) is 14.5 Å². The fraction of sp³-hybridized carbons (Fsp3) is 0.333. The normalized spacial score (nSPS) is 16.2. The summed E-state index contributed by atoms with van der Waals surface area (Å²) in [7, 11) is 0. The van der Waals surface area contributed by atoms with Gasteiger partial charge in [0.15, 0.2) is 0 Å². The van der Waals surface area contributed by atoms with Gasteiger partial charge in [-0.2, -0.15) is 0 Å². The molecule has 176 valence electrons. The molecule has 0 spiro atoms. The fourth-order valence-corrected chi connectivity index (χ4v) is 5.93. The molecule has 2 aliphatic heterocycles. The van der Waals surface area contributed by atoms with E-state index in [1.165, 1.54) is 22.5 Å². The minimum absolute atomic E-state index is 0.0403. The van der Waals surface area contributed by atoms with Crippen molar-refractivity contribution in [2.45, 2.75) is 19.9 Å². The van der Waals surface area contributed by atoms with Crippen LogP contribution in [0.5, 0.6) is 0 Å². The van der Waals surface area contributed by atoms with Gasteiger partial charge < -0.3 is 15.0 Å². The summed E-state index contributed by atoms with van der Waals surface area (Å²) in [5, 5.41) is 3.73. The standard InChI is InChI=1S/C27H29N3O3S/c1-19-24(27(32)30-13-15-33-16-14-30)26(34-25(19)21-8-3-2-4-9-21)28-23(31)18-29-12-11-20-7-5-6-10-22(20)17-29/h2-10H,11-18H2,1H3,(H,28,31). The van der Waals surface area contributed by atoms with Gasteiger partial charge in [-0.25, -0.2) is 0 Å². The molecule has 3 aromatic rings. The predicted molar refractivity (Wildman–Crippen MR) is 135 cm³/mol. The van der Waals surface area contributed by atoms with E-state index in [1.807, 2.05) is 48.2 Å². The number of nitrogens with zero attached hydrogens (tertiary/aromatic N) is 2. The number of rotatable bonds is 5. The highest BCUT2D eigenvalue weighted by molar-refractivity contribution is 7.20. The minimum atomic E-state index is -0.0868. The first-order valence-electron chi connectivity index (χ1n) is 11.7. The molecule has 7 heteroatoms. The minimum Gasteiger partial charge on any atom is -0.378 e. The van der Waals surface area contributed by atoms with Crippen LogP contribution in [0.3, 0.4) is 0 Å². The smallest absolute Gasteiger partial charge is 0.257 e. The quantitative estimate of drug-likeness (QED) is 0.601. The van der Waals surface area contributed by atoms with Gasteiger partial charge in [0.1, 0.15) is 5.00 Å². The number of thiophene rings is 1. The molecule has 0 aliphatic carbocycles. The highest BCUT2D eigenvalue weighted by Gasteiger charge is 2.28. The van der Waals surface area contributed by atoms with Crippen LogP contribution in [-0.4, -0.2) is 61.0 Å². The third kappa shape index (κ3) is 4.78. The van der Waals surface area contributed by atoms with Gasteiger partial charge in [0.2, 0.25) is 5.91 Å². The molecule has 0 radical (unpaired) electrons. The molecule has 3 heterocycles. The van der Waals surface area contributed by atoms with Crippen LogP contribution < -0.4 is 5.32 Å².